The van der Waals surface area contributed by atoms with E-state index in [1.807, 2.05) is 68.4 Å². The first-order valence-corrected chi connectivity index (χ1v) is 11.1. The summed E-state index contributed by atoms with van der Waals surface area (Å²) in [5.41, 5.74) is 9.82. The first kappa shape index (κ1) is 21.5. The number of aryl methyl sites for hydroxylation is 1. The Kier molecular flexibility index (Phi) is 5.59. The monoisotopic (exact) mass is 448 g/mol. The Hall–Kier alpha value is -4.39. The molecule has 7 nitrogen and oxygen atoms in total. The van der Waals surface area contributed by atoms with Gasteiger partial charge in [-0.3, -0.25) is 9.78 Å². The van der Waals surface area contributed by atoms with Gasteiger partial charge in [0.1, 0.15) is 11.6 Å². The SMILES string of the molecule is Cc1cc2cc(C(=O)N(Cc3ccc4ccccc4n3)[C@H](C)c3ncccn3)ccc2nc1N. The maximum Gasteiger partial charge on any atom is 0.254 e. The quantitative estimate of drug-likeness (QED) is 0.412. The summed E-state index contributed by atoms with van der Waals surface area (Å²) >= 11 is 0. The lowest BCUT2D eigenvalue weighted by Crippen LogP contribution is -2.34. The summed E-state index contributed by atoms with van der Waals surface area (Å²) in [6, 6.07) is 20.7. The zero-order chi connectivity index (χ0) is 23.7. The maximum atomic E-state index is 13.8. The average Bonchev–Trinajstić information content (AvgIpc) is 2.87. The molecule has 0 unspecified atom stereocenters. The predicted octanol–water partition coefficient (Wildman–Crippen LogP) is 4.87. The topological polar surface area (TPSA) is 97.9 Å². The highest BCUT2D eigenvalue weighted by atomic mass is 16.2. The zero-order valence-corrected chi connectivity index (χ0v) is 19.0. The highest BCUT2D eigenvalue weighted by Crippen LogP contribution is 2.25. The van der Waals surface area contributed by atoms with Gasteiger partial charge >= 0.3 is 0 Å². The average molecular weight is 449 g/mol. The van der Waals surface area contributed by atoms with Gasteiger partial charge in [-0.25, -0.2) is 15.0 Å². The second-order valence-corrected chi connectivity index (χ2v) is 8.31. The number of fused-ring (bicyclic) bond motifs is 2. The number of nitrogens with zero attached hydrogens (tertiary/aromatic N) is 5. The third-order valence-electron chi connectivity index (χ3n) is 5.97. The fraction of sp³-hybridized carbons (Fsp3) is 0.148. The molecule has 1 atom stereocenters. The predicted molar refractivity (Wildman–Crippen MR) is 133 cm³/mol. The van der Waals surface area contributed by atoms with Crippen LogP contribution in [-0.2, 0) is 6.54 Å². The first-order valence-electron chi connectivity index (χ1n) is 11.1. The Morgan fingerprint density at radius 1 is 0.912 bits per heavy atom. The molecule has 3 heterocycles. The second-order valence-electron chi connectivity index (χ2n) is 8.31. The summed E-state index contributed by atoms with van der Waals surface area (Å²) in [5.74, 6) is 0.930. The molecule has 168 valence electrons. The van der Waals surface area contributed by atoms with Gasteiger partial charge in [-0.15, -0.1) is 0 Å². The number of carbonyl (C=O) groups is 1. The number of hydrogen-bond donors (Lipinski definition) is 1. The van der Waals surface area contributed by atoms with Crippen molar-refractivity contribution in [2.45, 2.75) is 26.4 Å². The first-order chi connectivity index (χ1) is 16.5. The molecule has 0 saturated carbocycles. The van der Waals surface area contributed by atoms with Crippen molar-refractivity contribution in [3.8, 4) is 0 Å². The summed E-state index contributed by atoms with van der Waals surface area (Å²) in [7, 11) is 0. The summed E-state index contributed by atoms with van der Waals surface area (Å²) < 4.78 is 0. The fourth-order valence-electron chi connectivity index (χ4n) is 4.02. The molecule has 2 aromatic carbocycles. The molecule has 7 heteroatoms. The molecule has 0 aliphatic carbocycles. The number of carbonyl (C=O) groups excluding carboxylic acids is 1. The molecule has 5 aromatic rings. The van der Waals surface area contributed by atoms with Gasteiger partial charge in [0.25, 0.3) is 5.91 Å². The van der Waals surface area contributed by atoms with Crippen LogP contribution in [0.5, 0.6) is 0 Å². The normalized spacial score (nSPS) is 12.1. The minimum atomic E-state index is -0.357. The minimum absolute atomic E-state index is 0.133. The number of benzene rings is 2. The molecular weight excluding hydrogens is 424 g/mol. The van der Waals surface area contributed by atoms with E-state index in [9.17, 15) is 4.79 Å². The smallest absolute Gasteiger partial charge is 0.254 e. The Bertz CT molecular complexity index is 1500. The minimum Gasteiger partial charge on any atom is -0.383 e. The van der Waals surface area contributed by atoms with Crippen molar-refractivity contribution in [3.05, 3.63) is 102 Å². The molecule has 1 amide bonds. The number of nitrogens with two attached hydrogens (primary N) is 1. The van der Waals surface area contributed by atoms with Gasteiger partial charge in [0.15, 0.2) is 0 Å². The summed E-state index contributed by atoms with van der Waals surface area (Å²) in [6.45, 7) is 4.16. The van der Waals surface area contributed by atoms with Gasteiger partial charge in [-0.05, 0) is 61.9 Å². The van der Waals surface area contributed by atoms with E-state index in [1.165, 1.54) is 0 Å². The highest BCUT2D eigenvalue weighted by molar-refractivity contribution is 5.98. The Morgan fingerprint density at radius 2 is 1.68 bits per heavy atom. The van der Waals surface area contributed by atoms with Crippen LogP contribution in [0.25, 0.3) is 21.8 Å². The number of anilines is 1. The van der Waals surface area contributed by atoms with Crippen LogP contribution in [0.3, 0.4) is 0 Å². The van der Waals surface area contributed by atoms with Gasteiger partial charge in [0.2, 0.25) is 0 Å². The summed E-state index contributed by atoms with van der Waals surface area (Å²) in [5, 5.41) is 1.92. The van der Waals surface area contributed by atoms with E-state index in [0.29, 0.717) is 23.8 Å². The van der Waals surface area contributed by atoms with Crippen molar-refractivity contribution < 1.29 is 4.79 Å². The molecule has 0 aliphatic heterocycles. The van der Waals surface area contributed by atoms with E-state index < -0.39 is 0 Å². The molecule has 2 N–H and O–H groups in total. The summed E-state index contributed by atoms with van der Waals surface area (Å²) in [4.78, 5) is 33.6. The summed E-state index contributed by atoms with van der Waals surface area (Å²) in [6.07, 6.45) is 3.37. The van der Waals surface area contributed by atoms with Crippen molar-refractivity contribution in [2.75, 3.05) is 5.73 Å². The van der Waals surface area contributed by atoms with Crippen LogP contribution in [0.1, 0.15) is 40.4 Å². The standard InChI is InChI=1S/C27H24N6O/c1-17-14-21-15-20(9-11-24(21)32-25(17)28)27(34)33(18(2)26-29-12-5-13-30-26)16-22-10-8-19-6-3-4-7-23(19)31-22/h3-15,18H,16H2,1-2H3,(H2,28,32)/t18-/m1/s1. The lowest BCUT2D eigenvalue weighted by molar-refractivity contribution is 0.0664. The van der Waals surface area contributed by atoms with Crippen molar-refractivity contribution in [1.82, 2.24) is 24.8 Å². The molecule has 34 heavy (non-hydrogen) atoms. The molecule has 0 spiro atoms. The molecule has 3 aromatic heterocycles. The van der Waals surface area contributed by atoms with Crippen molar-refractivity contribution >= 4 is 33.5 Å². The Morgan fingerprint density at radius 3 is 2.50 bits per heavy atom. The number of aromatic nitrogens is 4. The Labute approximate surface area is 197 Å². The highest BCUT2D eigenvalue weighted by Gasteiger charge is 2.25. The van der Waals surface area contributed by atoms with Gasteiger partial charge in [0, 0.05) is 28.7 Å². The molecule has 5 rings (SSSR count). The van der Waals surface area contributed by atoms with Crippen molar-refractivity contribution in [1.29, 1.82) is 0 Å². The van der Waals surface area contributed by atoms with Gasteiger partial charge in [-0.2, -0.15) is 0 Å². The molecule has 0 fully saturated rings. The number of hydrogen-bond acceptors (Lipinski definition) is 6. The van der Waals surface area contributed by atoms with Crippen LogP contribution < -0.4 is 5.73 Å². The van der Waals surface area contributed by atoms with Gasteiger partial charge < -0.3 is 10.6 Å². The van der Waals surface area contributed by atoms with Crippen LogP contribution in [0.15, 0.2) is 79.1 Å². The van der Waals surface area contributed by atoms with E-state index >= 15 is 0 Å². The molecule has 0 radical (unpaired) electrons. The molecule has 0 saturated heterocycles. The largest absolute Gasteiger partial charge is 0.383 e. The van der Waals surface area contributed by atoms with Crippen molar-refractivity contribution in [2.24, 2.45) is 0 Å². The maximum absolute atomic E-state index is 13.8. The number of rotatable bonds is 5. The number of pyridine rings is 2. The van der Waals surface area contributed by atoms with E-state index in [0.717, 1.165) is 33.1 Å². The molecular formula is C27H24N6O. The van der Waals surface area contributed by atoms with E-state index in [-0.39, 0.29) is 11.9 Å². The van der Waals surface area contributed by atoms with Gasteiger partial charge in [0.05, 0.1) is 29.3 Å². The third kappa shape index (κ3) is 4.15. The fourth-order valence-corrected chi connectivity index (χ4v) is 4.02. The lowest BCUT2D eigenvalue weighted by Gasteiger charge is -2.28. The Balaban J connectivity index is 1.54. The second kappa shape index (κ2) is 8.86. The van der Waals surface area contributed by atoms with Crippen LogP contribution in [0.2, 0.25) is 0 Å². The van der Waals surface area contributed by atoms with E-state index in [2.05, 4.69) is 15.0 Å². The molecule has 0 bridgehead atoms. The lowest BCUT2D eigenvalue weighted by atomic mass is 10.1. The van der Waals surface area contributed by atoms with Crippen LogP contribution in [-0.4, -0.2) is 30.7 Å². The number of nitrogen functional groups attached to an aromatic ring is 1. The van der Waals surface area contributed by atoms with E-state index in [4.69, 9.17) is 10.7 Å². The van der Waals surface area contributed by atoms with Gasteiger partial charge in [-0.1, -0.05) is 24.3 Å². The zero-order valence-electron chi connectivity index (χ0n) is 19.0. The third-order valence-corrected chi connectivity index (χ3v) is 5.97. The molecule has 0 aliphatic rings. The van der Waals surface area contributed by atoms with Crippen LogP contribution in [0, 0.1) is 6.92 Å². The number of para-hydroxylation sites is 1. The van der Waals surface area contributed by atoms with Crippen molar-refractivity contribution in [3.63, 3.8) is 0 Å². The van der Waals surface area contributed by atoms with Crippen LogP contribution >= 0.6 is 0 Å². The number of amides is 1. The van der Waals surface area contributed by atoms with Crippen LogP contribution in [0.4, 0.5) is 5.82 Å². The van der Waals surface area contributed by atoms with E-state index in [1.54, 1.807) is 29.4 Å².